The Bertz CT molecular complexity index is 198. The summed E-state index contributed by atoms with van der Waals surface area (Å²) < 4.78 is 0. The van der Waals surface area contributed by atoms with Crippen molar-refractivity contribution in [2.45, 2.75) is 6.92 Å². The summed E-state index contributed by atoms with van der Waals surface area (Å²) in [5.74, 6) is 0. The Hall–Kier alpha value is -0.693. The quantitative estimate of drug-likeness (QED) is 0.490. The van der Waals surface area contributed by atoms with Crippen molar-refractivity contribution in [2.75, 3.05) is 0 Å². The molecule has 0 heterocycles. The van der Waals surface area contributed by atoms with Crippen LogP contribution in [0.4, 0.5) is 0 Å². The Morgan fingerprint density at radius 3 is 2.22 bits per heavy atom. The largest absolute Gasteiger partial charge is 0.117 e. The lowest BCUT2D eigenvalue weighted by molar-refractivity contribution is 1.49. The van der Waals surface area contributed by atoms with Crippen molar-refractivity contribution in [2.24, 2.45) is 0 Å². The molecule has 46 valence electrons. The first-order valence-corrected chi connectivity index (χ1v) is 4.41. The molecule has 0 aliphatic heterocycles. The first-order chi connectivity index (χ1) is 4.33. The van der Waals surface area contributed by atoms with Crippen molar-refractivity contribution >= 4 is 20.5 Å². The first-order valence-electron chi connectivity index (χ1n) is 3.02. The highest BCUT2D eigenvalue weighted by Crippen LogP contribution is 1.90. The van der Waals surface area contributed by atoms with E-state index in [1.165, 1.54) is 10.8 Å². The van der Waals surface area contributed by atoms with E-state index in [9.17, 15) is 0 Å². The molecule has 9 heavy (non-hydrogen) atoms. The monoisotopic (exact) mass is 134 g/mol. The van der Waals surface area contributed by atoms with E-state index in [0.29, 0.717) is 0 Å². The van der Waals surface area contributed by atoms with Crippen molar-refractivity contribution in [3.63, 3.8) is 0 Å². The number of aryl methyl sites for hydroxylation is 1. The molecule has 0 saturated carbocycles. The van der Waals surface area contributed by atoms with Crippen molar-refractivity contribution in [3.05, 3.63) is 29.8 Å². The van der Waals surface area contributed by atoms with Crippen molar-refractivity contribution in [3.8, 4) is 0 Å². The summed E-state index contributed by atoms with van der Waals surface area (Å²) >= 11 is 0. The van der Waals surface area contributed by atoms with Gasteiger partial charge in [-0.05, 0) is 12.1 Å². The smallest absolute Gasteiger partial charge is 0.0218 e. The molecular weight excluding hydrogens is 124 g/mol. The molecule has 0 aliphatic carbocycles. The fraction of sp³-hybridized carbons (Fsp3) is 0.125. The van der Waals surface area contributed by atoms with Gasteiger partial charge in [0.15, 0.2) is 0 Å². The average molecular weight is 134 g/mol. The predicted molar refractivity (Wildman–Crippen MR) is 45.1 cm³/mol. The maximum absolute atomic E-state index is 3.87. The molecule has 1 rings (SSSR count). The van der Waals surface area contributed by atoms with E-state index in [2.05, 4.69) is 37.4 Å². The Labute approximate surface area is 58.0 Å². The van der Waals surface area contributed by atoms with E-state index in [1.54, 1.807) is 0 Å². The highest BCUT2D eigenvalue weighted by Gasteiger charge is 1.82. The van der Waals surface area contributed by atoms with Crippen LogP contribution >= 0.6 is 0 Å². The average Bonchev–Trinajstić information content (AvgIpc) is 1.90. The third-order valence-corrected chi connectivity index (χ3v) is 2.17. The molecule has 0 saturated heterocycles. The van der Waals surface area contributed by atoms with Crippen LogP contribution in [0.25, 0.3) is 0 Å². The Morgan fingerprint density at radius 1 is 1.22 bits per heavy atom. The van der Waals surface area contributed by atoms with Crippen LogP contribution in [0.2, 0.25) is 0 Å². The van der Waals surface area contributed by atoms with E-state index < -0.39 is 0 Å². The van der Waals surface area contributed by atoms with Gasteiger partial charge in [-0.25, -0.2) is 0 Å². The van der Waals surface area contributed by atoms with Gasteiger partial charge in [0, 0.05) is 9.13 Å². The van der Waals surface area contributed by atoms with Gasteiger partial charge in [0.2, 0.25) is 0 Å². The van der Waals surface area contributed by atoms with Crippen LogP contribution < -0.4 is 5.19 Å². The standard InChI is InChI=1S/C8H10Si/c1-7-3-5-8(9-2)6-4-7/h3-6,9H,2H2,1H3. The van der Waals surface area contributed by atoms with Gasteiger partial charge in [0.1, 0.15) is 0 Å². The number of benzene rings is 1. The van der Waals surface area contributed by atoms with E-state index in [4.69, 9.17) is 0 Å². The lowest BCUT2D eigenvalue weighted by Crippen LogP contribution is -2.04. The van der Waals surface area contributed by atoms with Crippen LogP contribution in [0.5, 0.6) is 0 Å². The lowest BCUT2D eigenvalue weighted by Gasteiger charge is -1.91. The summed E-state index contributed by atoms with van der Waals surface area (Å²) in [6.07, 6.45) is 3.87. The summed E-state index contributed by atoms with van der Waals surface area (Å²) in [6, 6.07) is 8.57. The normalized spacial score (nSPS) is 9.00. The second-order valence-electron chi connectivity index (χ2n) is 2.11. The van der Waals surface area contributed by atoms with E-state index in [0.717, 1.165) is 0 Å². The van der Waals surface area contributed by atoms with Crippen LogP contribution in [-0.2, 0) is 0 Å². The number of hydrogen-bond acceptors (Lipinski definition) is 0. The van der Waals surface area contributed by atoms with Gasteiger partial charge in [-0.1, -0.05) is 29.8 Å². The fourth-order valence-corrected chi connectivity index (χ4v) is 1.17. The Morgan fingerprint density at radius 2 is 1.78 bits per heavy atom. The molecule has 1 heteroatoms. The summed E-state index contributed by atoms with van der Waals surface area (Å²) in [6.45, 7) is 2.10. The predicted octanol–water partition coefficient (Wildman–Crippen LogP) is 0.489. The van der Waals surface area contributed by atoms with Gasteiger partial charge >= 0.3 is 0 Å². The van der Waals surface area contributed by atoms with Gasteiger partial charge in [-0.2, -0.15) is 0 Å². The van der Waals surface area contributed by atoms with Crippen LogP contribution in [0, 0.1) is 6.92 Å². The summed E-state index contributed by atoms with van der Waals surface area (Å²) in [5.41, 5.74) is 1.33. The molecule has 0 N–H and O–H groups in total. The van der Waals surface area contributed by atoms with Crippen molar-refractivity contribution in [1.29, 1.82) is 0 Å². The highest BCUT2D eigenvalue weighted by molar-refractivity contribution is 6.56. The molecule has 1 aromatic carbocycles. The zero-order chi connectivity index (χ0) is 6.69. The van der Waals surface area contributed by atoms with E-state index >= 15 is 0 Å². The summed E-state index contributed by atoms with van der Waals surface area (Å²) in [5, 5.41) is 1.39. The lowest BCUT2D eigenvalue weighted by atomic mass is 10.2. The SMILES string of the molecule is C=[SiH]c1ccc(C)cc1. The highest BCUT2D eigenvalue weighted by atomic mass is 28.2. The maximum Gasteiger partial charge on any atom is 0.0218 e. The van der Waals surface area contributed by atoms with Gasteiger partial charge < -0.3 is 0 Å². The molecule has 0 atom stereocenters. The Balaban J connectivity index is 3.01. The van der Waals surface area contributed by atoms with Gasteiger partial charge in [-0.3, -0.25) is 0 Å². The third kappa shape index (κ3) is 1.61. The minimum absolute atomic E-state index is 0.251. The number of rotatable bonds is 1. The molecule has 0 amide bonds. The Kier molecular flexibility index (Phi) is 1.95. The molecule has 0 fully saturated rings. The van der Waals surface area contributed by atoms with Gasteiger partial charge in [-0.15, -0.1) is 6.17 Å². The molecule has 0 unspecified atom stereocenters. The van der Waals surface area contributed by atoms with E-state index in [1.807, 2.05) is 0 Å². The summed E-state index contributed by atoms with van der Waals surface area (Å²) in [4.78, 5) is 0. The van der Waals surface area contributed by atoms with Crippen LogP contribution in [0.15, 0.2) is 24.3 Å². The molecule has 0 bridgehead atoms. The first kappa shape index (κ1) is 6.43. The minimum atomic E-state index is 0.251. The molecular formula is C8H10Si. The molecule has 0 aliphatic rings. The zero-order valence-corrected chi connectivity index (χ0v) is 6.75. The third-order valence-electron chi connectivity index (χ3n) is 1.31. The van der Waals surface area contributed by atoms with Crippen molar-refractivity contribution in [1.82, 2.24) is 0 Å². The molecule has 0 radical (unpaired) electrons. The fourth-order valence-electron chi connectivity index (χ4n) is 0.703. The number of hydrogen-bond donors (Lipinski definition) is 0. The second-order valence-corrected chi connectivity index (χ2v) is 3.19. The minimum Gasteiger partial charge on any atom is -0.117 e. The van der Waals surface area contributed by atoms with Gasteiger partial charge in [0.25, 0.3) is 0 Å². The topological polar surface area (TPSA) is 0 Å². The van der Waals surface area contributed by atoms with Gasteiger partial charge in [0.05, 0.1) is 0 Å². The molecule has 0 spiro atoms. The summed E-state index contributed by atoms with van der Waals surface area (Å²) in [7, 11) is 0.251. The molecule has 0 nitrogen and oxygen atoms in total. The van der Waals surface area contributed by atoms with E-state index in [-0.39, 0.29) is 9.13 Å². The maximum atomic E-state index is 3.87. The van der Waals surface area contributed by atoms with Crippen LogP contribution in [-0.4, -0.2) is 15.3 Å². The van der Waals surface area contributed by atoms with Crippen LogP contribution in [0.1, 0.15) is 5.56 Å². The molecule has 1 aromatic rings. The van der Waals surface area contributed by atoms with Crippen LogP contribution in [0.3, 0.4) is 0 Å². The zero-order valence-electron chi connectivity index (χ0n) is 5.59. The molecule has 0 aromatic heterocycles. The second kappa shape index (κ2) is 2.74. The van der Waals surface area contributed by atoms with Crippen molar-refractivity contribution < 1.29 is 0 Å².